The summed E-state index contributed by atoms with van der Waals surface area (Å²) < 4.78 is 0. The minimum atomic E-state index is -1.12. The van der Waals surface area contributed by atoms with Gasteiger partial charge in [-0.1, -0.05) is 12.1 Å². The molecular formula is C14H14N2O5. The third-order valence-corrected chi connectivity index (χ3v) is 3.09. The van der Waals surface area contributed by atoms with Gasteiger partial charge >= 0.3 is 5.97 Å². The summed E-state index contributed by atoms with van der Waals surface area (Å²) >= 11 is 0. The number of aromatic carboxylic acids is 1. The lowest BCUT2D eigenvalue weighted by atomic mass is 10.1. The van der Waals surface area contributed by atoms with Gasteiger partial charge in [0.1, 0.15) is 5.70 Å². The van der Waals surface area contributed by atoms with Crippen molar-refractivity contribution in [3.05, 3.63) is 41.1 Å². The van der Waals surface area contributed by atoms with Crippen molar-refractivity contribution in [1.82, 2.24) is 4.90 Å². The summed E-state index contributed by atoms with van der Waals surface area (Å²) in [6, 6.07) is 4.81. The molecule has 3 N–H and O–H groups in total. The zero-order valence-electron chi connectivity index (χ0n) is 11.3. The highest BCUT2D eigenvalue weighted by atomic mass is 16.4. The smallest absolute Gasteiger partial charge is 0.338 e. The number of aliphatic hydroxyl groups excluding tert-OH is 1. The molecule has 7 nitrogen and oxygen atoms in total. The zero-order chi connectivity index (χ0) is 15.6. The topological polar surface area (TPSA) is 107 Å². The van der Waals surface area contributed by atoms with Crippen molar-refractivity contribution >= 4 is 23.5 Å². The fraction of sp³-hybridized carbons (Fsp3) is 0.214. The molecule has 0 spiro atoms. The Morgan fingerprint density at radius 2 is 2.05 bits per heavy atom. The summed E-state index contributed by atoms with van der Waals surface area (Å²) in [6.07, 6.45) is 1.09. The monoisotopic (exact) mass is 290 g/mol. The summed E-state index contributed by atoms with van der Waals surface area (Å²) in [5.74, 6) is -2.26. The molecule has 0 aromatic heterocycles. The van der Waals surface area contributed by atoms with Crippen LogP contribution in [0.5, 0.6) is 0 Å². The predicted octanol–water partition coefficient (Wildman–Crippen LogP) is 0.350. The molecule has 21 heavy (non-hydrogen) atoms. The number of carboxylic acids is 1. The number of hydrogen-bond donors (Lipinski definition) is 3. The van der Waals surface area contributed by atoms with E-state index in [9.17, 15) is 19.5 Å². The Labute approximate surface area is 120 Å². The third-order valence-electron chi connectivity index (χ3n) is 3.09. The van der Waals surface area contributed by atoms with Crippen LogP contribution in [0.15, 0.2) is 30.0 Å². The van der Waals surface area contributed by atoms with Crippen LogP contribution in [0.1, 0.15) is 15.9 Å². The van der Waals surface area contributed by atoms with Crippen LogP contribution in [-0.2, 0) is 9.59 Å². The van der Waals surface area contributed by atoms with Gasteiger partial charge < -0.3 is 15.5 Å². The molecule has 0 fully saturated rings. The van der Waals surface area contributed by atoms with Gasteiger partial charge in [0.25, 0.3) is 11.8 Å². The first-order valence-corrected chi connectivity index (χ1v) is 6.24. The number of carbonyl (C=O) groups is 3. The number of carboxylic acid groups (broad SMARTS) is 1. The molecule has 0 saturated carbocycles. The Kier molecular flexibility index (Phi) is 4.04. The van der Waals surface area contributed by atoms with Crippen molar-refractivity contribution in [2.75, 3.05) is 18.5 Å². The second-order valence-electron chi connectivity index (χ2n) is 4.50. The third kappa shape index (κ3) is 2.77. The van der Waals surface area contributed by atoms with E-state index in [1.165, 1.54) is 6.07 Å². The van der Waals surface area contributed by atoms with E-state index in [1.807, 2.05) is 0 Å². The largest absolute Gasteiger partial charge is 0.478 e. The van der Waals surface area contributed by atoms with Gasteiger partial charge in [0.2, 0.25) is 0 Å². The summed E-state index contributed by atoms with van der Waals surface area (Å²) in [6.45, 7) is 1.21. The minimum absolute atomic E-state index is 0.0125. The van der Waals surface area contributed by atoms with Crippen molar-refractivity contribution < 1.29 is 24.6 Å². The highest BCUT2D eigenvalue weighted by Gasteiger charge is 2.31. The summed E-state index contributed by atoms with van der Waals surface area (Å²) in [4.78, 5) is 35.8. The van der Waals surface area contributed by atoms with Crippen LogP contribution in [0.2, 0.25) is 0 Å². The number of imide groups is 1. The molecule has 0 unspecified atom stereocenters. The molecule has 0 radical (unpaired) electrons. The number of hydrogen-bond acceptors (Lipinski definition) is 5. The quantitative estimate of drug-likeness (QED) is 0.675. The summed E-state index contributed by atoms with van der Waals surface area (Å²) in [5.41, 5.74) is 0.804. The maximum absolute atomic E-state index is 12.0. The van der Waals surface area contributed by atoms with Crippen molar-refractivity contribution in [2.45, 2.75) is 6.92 Å². The van der Waals surface area contributed by atoms with Gasteiger partial charge in [0.05, 0.1) is 24.4 Å². The molecule has 1 aromatic rings. The number of aliphatic hydroxyl groups is 1. The van der Waals surface area contributed by atoms with Gasteiger partial charge in [-0.25, -0.2) is 4.79 Å². The summed E-state index contributed by atoms with van der Waals surface area (Å²) in [5, 5.41) is 20.7. The molecule has 0 saturated heterocycles. The van der Waals surface area contributed by atoms with E-state index in [4.69, 9.17) is 5.11 Å². The van der Waals surface area contributed by atoms with E-state index in [0.29, 0.717) is 5.56 Å². The predicted molar refractivity (Wildman–Crippen MR) is 73.6 cm³/mol. The molecule has 0 atom stereocenters. The van der Waals surface area contributed by atoms with E-state index >= 15 is 0 Å². The lowest BCUT2D eigenvalue weighted by molar-refractivity contribution is -0.137. The average Bonchev–Trinajstić information content (AvgIpc) is 2.66. The van der Waals surface area contributed by atoms with Gasteiger partial charge in [0, 0.05) is 6.08 Å². The maximum atomic E-state index is 12.0. The van der Waals surface area contributed by atoms with E-state index < -0.39 is 17.8 Å². The first-order chi connectivity index (χ1) is 9.95. The number of nitrogens with zero attached hydrogens (tertiary/aromatic N) is 1. The fourth-order valence-electron chi connectivity index (χ4n) is 2.11. The van der Waals surface area contributed by atoms with Gasteiger partial charge in [-0.15, -0.1) is 0 Å². The zero-order valence-corrected chi connectivity index (χ0v) is 11.3. The Balaban J connectivity index is 2.30. The van der Waals surface area contributed by atoms with Crippen molar-refractivity contribution in [2.24, 2.45) is 0 Å². The molecule has 0 aliphatic carbocycles. The van der Waals surface area contributed by atoms with Crippen LogP contribution in [0.3, 0.4) is 0 Å². The van der Waals surface area contributed by atoms with Crippen molar-refractivity contribution in [3.63, 3.8) is 0 Å². The Hall–Kier alpha value is -2.67. The second kappa shape index (κ2) is 5.76. The molecule has 2 rings (SSSR count). The number of β-amino-alcohol motifs (C(OH)–C–C–N with tert-alkyl or cyclic N) is 1. The molecule has 0 bridgehead atoms. The van der Waals surface area contributed by atoms with Crippen molar-refractivity contribution in [1.29, 1.82) is 0 Å². The van der Waals surface area contributed by atoms with Crippen LogP contribution < -0.4 is 5.32 Å². The Morgan fingerprint density at radius 1 is 1.33 bits per heavy atom. The number of carbonyl (C=O) groups excluding carboxylic acids is 2. The molecule has 1 aliphatic rings. The number of rotatable bonds is 5. The van der Waals surface area contributed by atoms with Crippen LogP contribution in [-0.4, -0.2) is 46.0 Å². The Morgan fingerprint density at radius 3 is 2.67 bits per heavy atom. The summed E-state index contributed by atoms with van der Waals surface area (Å²) in [7, 11) is 0. The standard InChI is InChI=1S/C14H14N2O5/c1-8-3-2-4-9(12(8)14(20)21)15-10-7-11(18)16(5-6-17)13(10)19/h2-4,7,15,17H,5-6H2,1H3,(H,20,21). The van der Waals surface area contributed by atoms with Gasteiger partial charge in [-0.05, 0) is 18.6 Å². The number of benzene rings is 1. The fourth-order valence-corrected chi connectivity index (χ4v) is 2.11. The van der Waals surface area contributed by atoms with Crippen molar-refractivity contribution in [3.8, 4) is 0 Å². The highest BCUT2D eigenvalue weighted by molar-refractivity contribution is 6.17. The van der Waals surface area contributed by atoms with Crippen LogP contribution in [0, 0.1) is 6.92 Å². The molecule has 7 heteroatoms. The van der Waals surface area contributed by atoms with Gasteiger partial charge in [0.15, 0.2) is 0 Å². The Bertz CT molecular complexity index is 651. The van der Waals surface area contributed by atoms with Crippen LogP contribution >= 0.6 is 0 Å². The van der Waals surface area contributed by atoms with E-state index in [1.54, 1.807) is 19.1 Å². The first kappa shape index (κ1) is 14.7. The van der Waals surface area contributed by atoms with E-state index in [-0.39, 0.29) is 30.1 Å². The highest BCUT2D eigenvalue weighted by Crippen LogP contribution is 2.23. The van der Waals surface area contributed by atoms with E-state index in [2.05, 4.69) is 5.32 Å². The number of anilines is 1. The first-order valence-electron chi connectivity index (χ1n) is 6.24. The van der Waals surface area contributed by atoms with E-state index in [0.717, 1.165) is 11.0 Å². The minimum Gasteiger partial charge on any atom is -0.478 e. The molecule has 2 amide bonds. The number of nitrogens with one attached hydrogen (secondary N) is 1. The lowest BCUT2D eigenvalue weighted by Gasteiger charge is -2.14. The molecule has 110 valence electrons. The second-order valence-corrected chi connectivity index (χ2v) is 4.50. The maximum Gasteiger partial charge on any atom is 0.338 e. The molecule has 1 heterocycles. The normalized spacial score (nSPS) is 14.4. The molecule has 1 aliphatic heterocycles. The van der Waals surface area contributed by atoms with Gasteiger partial charge in [-0.2, -0.15) is 0 Å². The van der Waals surface area contributed by atoms with Gasteiger partial charge in [-0.3, -0.25) is 14.5 Å². The number of aryl methyl sites for hydroxylation is 1. The molecular weight excluding hydrogens is 276 g/mol. The SMILES string of the molecule is Cc1cccc(NC2=CC(=O)N(CCO)C2=O)c1C(=O)O. The van der Waals surface area contributed by atoms with Crippen LogP contribution in [0.4, 0.5) is 5.69 Å². The molecule has 1 aromatic carbocycles. The van der Waals surface area contributed by atoms with Crippen LogP contribution in [0.25, 0.3) is 0 Å². The number of amides is 2. The lowest BCUT2D eigenvalue weighted by Crippen LogP contribution is -2.34. The average molecular weight is 290 g/mol.